The summed E-state index contributed by atoms with van der Waals surface area (Å²) < 4.78 is 38.1. The third-order valence-corrected chi connectivity index (χ3v) is 2.89. The fourth-order valence-corrected chi connectivity index (χ4v) is 1.95. The monoisotopic (exact) mass is 286 g/mol. The van der Waals surface area contributed by atoms with E-state index >= 15 is 0 Å². The lowest BCUT2D eigenvalue weighted by atomic mass is 10.0. The molecule has 1 aromatic carbocycles. The Bertz CT molecular complexity index is 504. The van der Waals surface area contributed by atoms with Crippen LogP contribution in [0.3, 0.4) is 0 Å². The Morgan fingerprint density at radius 1 is 1.30 bits per heavy atom. The van der Waals surface area contributed by atoms with E-state index in [2.05, 4.69) is 0 Å². The number of halogens is 3. The maximum atomic E-state index is 12.7. The van der Waals surface area contributed by atoms with Crippen molar-refractivity contribution in [2.75, 3.05) is 11.4 Å². The van der Waals surface area contributed by atoms with Crippen molar-refractivity contribution in [3.63, 3.8) is 0 Å². The number of nitrogens with zero attached hydrogens (tertiary/aromatic N) is 2. The van der Waals surface area contributed by atoms with Gasteiger partial charge in [0, 0.05) is 17.3 Å². The first-order valence-electron chi connectivity index (χ1n) is 6.21. The smallest absolute Gasteiger partial charge is 0.389 e. The van der Waals surface area contributed by atoms with Crippen molar-refractivity contribution in [3.05, 3.63) is 29.3 Å². The Hall–Kier alpha value is -1.74. The molecule has 0 fully saturated rings. The molecule has 0 radical (unpaired) electrons. The lowest BCUT2D eigenvalue weighted by Crippen LogP contribution is -2.39. The normalized spacial score (nSPS) is 13.2. The highest BCUT2D eigenvalue weighted by Crippen LogP contribution is 2.31. The number of aliphatic hydroxyl groups excluding tert-OH is 1. The van der Waals surface area contributed by atoms with Gasteiger partial charge in [0.1, 0.15) is 6.54 Å². The molecule has 3 nitrogen and oxygen atoms in total. The Morgan fingerprint density at radius 2 is 1.90 bits per heavy atom. The largest absolute Gasteiger partial charge is 0.405 e. The molecule has 6 heteroatoms. The van der Waals surface area contributed by atoms with E-state index in [1.54, 1.807) is 13.8 Å². The standard InChI is InChI=1S/C14H17F3N2O/c1-9(2)19(8-14(15,16)17)13-6-11(7-18)4-5-12(13)10(3)20/h4-6,9-10,20H,8H2,1-3H3/t10-/m0/s1. The zero-order chi connectivity index (χ0) is 15.5. The third kappa shape index (κ3) is 4.14. The predicted molar refractivity (Wildman–Crippen MR) is 70.3 cm³/mol. The summed E-state index contributed by atoms with van der Waals surface area (Å²) in [5.41, 5.74) is 0.880. The summed E-state index contributed by atoms with van der Waals surface area (Å²) in [7, 11) is 0. The maximum absolute atomic E-state index is 12.7. The first kappa shape index (κ1) is 16.3. The van der Waals surface area contributed by atoms with Gasteiger partial charge in [0.2, 0.25) is 0 Å². The average Bonchev–Trinajstić information content (AvgIpc) is 2.33. The Morgan fingerprint density at radius 3 is 2.30 bits per heavy atom. The van der Waals surface area contributed by atoms with Crippen molar-refractivity contribution in [2.24, 2.45) is 0 Å². The summed E-state index contributed by atoms with van der Waals surface area (Å²) in [6.45, 7) is 3.63. The summed E-state index contributed by atoms with van der Waals surface area (Å²) in [5.74, 6) is 0. The van der Waals surface area contributed by atoms with Gasteiger partial charge in [-0.1, -0.05) is 6.07 Å². The molecule has 0 aromatic heterocycles. The van der Waals surface area contributed by atoms with E-state index < -0.39 is 24.9 Å². The van der Waals surface area contributed by atoms with E-state index in [9.17, 15) is 18.3 Å². The number of anilines is 1. The van der Waals surface area contributed by atoms with Crippen LogP contribution in [-0.4, -0.2) is 23.9 Å². The predicted octanol–water partition coefficient (Wildman–Crippen LogP) is 3.39. The SMILES string of the molecule is CC(C)N(CC(F)(F)F)c1cc(C#N)ccc1[C@H](C)O. The van der Waals surface area contributed by atoms with Crippen LogP contribution in [0.15, 0.2) is 18.2 Å². The van der Waals surface area contributed by atoms with Gasteiger partial charge < -0.3 is 10.0 Å². The second-order valence-corrected chi connectivity index (χ2v) is 4.90. The Labute approximate surface area is 116 Å². The number of nitriles is 1. The van der Waals surface area contributed by atoms with Gasteiger partial charge in [0.25, 0.3) is 0 Å². The number of aliphatic hydroxyl groups is 1. The molecule has 0 bridgehead atoms. The molecule has 1 atom stereocenters. The van der Waals surface area contributed by atoms with E-state index in [0.717, 1.165) is 4.90 Å². The highest BCUT2D eigenvalue weighted by Gasteiger charge is 2.33. The van der Waals surface area contributed by atoms with Crippen molar-refractivity contribution in [1.82, 2.24) is 0 Å². The highest BCUT2D eigenvalue weighted by atomic mass is 19.4. The van der Waals surface area contributed by atoms with Crippen LogP contribution in [0.25, 0.3) is 0 Å². The number of hydrogen-bond acceptors (Lipinski definition) is 3. The summed E-state index contributed by atoms with van der Waals surface area (Å²) in [6.07, 6.45) is -5.27. The molecular weight excluding hydrogens is 269 g/mol. The molecule has 1 rings (SSSR count). The molecule has 0 spiro atoms. The number of rotatable bonds is 4. The van der Waals surface area contributed by atoms with Crippen LogP contribution >= 0.6 is 0 Å². The van der Waals surface area contributed by atoms with Gasteiger partial charge in [0.15, 0.2) is 0 Å². The van der Waals surface area contributed by atoms with Crippen LogP contribution < -0.4 is 4.90 Å². The van der Waals surface area contributed by atoms with E-state index in [1.807, 2.05) is 6.07 Å². The van der Waals surface area contributed by atoms with Crippen LogP contribution in [0, 0.1) is 11.3 Å². The van der Waals surface area contributed by atoms with Crippen molar-refractivity contribution >= 4 is 5.69 Å². The second kappa shape index (κ2) is 6.14. The minimum absolute atomic E-state index is 0.242. The summed E-state index contributed by atoms with van der Waals surface area (Å²) in [4.78, 5) is 1.14. The number of hydrogen-bond donors (Lipinski definition) is 1. The van der Waals surface area contributed by atoms with Gasteiger partial charge in [-0.15, -0.1) is 0 Å². The minimum Gasteiger partial charge on any atom is -0.389 e. The van der Waals surface area contributed by atoms with E-state index in [-0.39, 0.29) is 11.3 Å². The van der Waals surface area contributed by atoms with Gasteiger partial charge >= 0.3 is 6.18 Å². The first-order valence-corrected chi connectivity index (χ1v) is 6.21. The maximum Gasteiger partial charge on any atom is 0.405 e. The molecule has 20 heavy (non-hydrogen) atoms. The zero-order valence-electron chi connectivity index (χ0n) is 11.6. The van der Waals surface area contributed by atoms with Gasteiger partial charge in [-0.05, 0) is 32.9 Å². The molecule has 110 valence electrons. The molecule has 0 unspecified atom stereocenters. The highest BCUT2D eigenvalue weighted by molar-refractivity contribution is 5.59. The second-order valence-electron chi connectivity index (χ2n) is 4.90. The summed E-state index contributed by atoms with van der Waals surface area (Å²) in [5, 5.41) is 18.6. The average molecular weight is 286 g/mol. The minimum atomic E-state index is -4.36. The lowest BCUT2D eigenvalue weighted by Gasteiger charge is -2.32. The van der Waals surface area contributed by atoms with E-state index in [1.165, 1.54) is 25.1 Å². The van der Waals surface area contributed by atoms with Crippen molar-refractivity contribution in [2.45, 2.75) is 39.1 Å². The topological polar surface area (TPSA) is 47.3 Å². The molecule has 1 N–H and O–H groups in total. The lowest BCUT2D eigenvalue weighted by molar-refractivity contribution is -0.120. The fraction of sp³-hybridized carbons (Fsp3) is 0.500. The third-order valence-electron chi connectivity index (χ3n) is 2.89. The molecule has 0 heterocycles. The quantitative estimate of drug-likeness (QED) is 0.923. The molecular formula is C14H17F3N2O. The number of benzene rings is 1. The van der Waals surface area contributed by atoms with Gasteiger partial charge in [0.05, 0.1) is 17.7 Å². The van der Waals surface area contributed by atoms with Gasteiger partial charge in [-0.2, -0.15) is 18.4 Å². The molecule has 0 aliphatic carbocycles. The van der Waals surface area contributed by atoms with E-state index in [4.69, 9.17) is 5.26 Å². The number of alkyl halides is 3. The van der Waals surface area contributed by atoms with Crippen molar-refractivity contribution in [1.29, 1.82) is 5.26 Å². The molecule has 0 aliphatic heterocycles. The summed E-state index contributed by atoms with van der Waals surface area (Å²) in [6, 6.07) is 5.84. The Kier molecular flexibility index (Phi) is 5.01. The van der Waals surface area contributed by atoms with Crippen molar-refractivity contribution in [3.8, 4) is 6.07 Å². The van der Waals surface area contributed by atoms with Crippen LogP contribution in [-0.2, 0) is 0 Å². The van der Waals surface area contributed by atoms with Gasteiger partial charge in [-0.25, -0.2) is 0 Å². The zero-order valence-corrected chi connectivity index (χ0v) is 11.6. The molecule has 0 amide bonds. The molecule has 1 aromatic rings. The van der Waals surface area contributed by atoms with Crippen molar-refractivity contribution < 1.29 is 18.3 Å². The molecule has 0 saturated carbocycles. The van der Waals surface area contributed by atoms with Crippen LogP contribution in [0.4, 0.5) is 18.9 Å². The molecule has 0 saturated heterocycles. The van der Waals surface area contributed by atoms with Crippen LogP contribution in [0.1, 0.15) is 38.0 Å². The van der Waals surface area contributed by atoms with E-state index in [0.29, 0.717) is 5.56 Å². The first-order chi connectivity index (χ1) is 9.15. The molecule has 0 aliphatic rings. The summed E-state index contributed by atoms with van der Waals surface area (Å²) >= 11 is 0. The van der Waals surface area contributed by atoms with Crippen LogP contribution in [0.5, 0.6) is 0 Å². The van der Waals surface area contributed by atoms with Crippen LogP contribution in [0.2, 0.25) is 0 Å². The van der Waals surface area contributed by atoms with Gasteiger partial charge in [-0.3, -0.25) is 0 Å². The fourth-order valence-electron chi connectivity index (χ4n) is 1.95. The Balaban J connectivity index is 3.34.